The predicted octanol–water partition coefficient (Wildman–Crippen LogP) is 2.04. The molecule has 2 saturated heterocycles. The molecule has 2 fully saturated rings. The van der Waals surface area contributed by atoms with Crippen LogP contribution in [0.5, 0.6) is 0 Å². The molecule has 0 bridgehead atoms. The summed E-state index contributed by atoms with van der Waals surface area (Å²) >= 11 is 4.20. The van der Waals surface area contributed by atoms with E-state index in [0.717, 1.165) is 12.6 Å². The van der Waals surface area contributed by atoms with Crippen LogP contribution in [0.4, 0.5) is 0 Å². The van der Waals surface area contributed by atoms with E-state index in [2.05, 4.69) is 42.4 Å². The number of likely N-dealkylation sites (N-methyl/N-ethyl adjacent to an activating group) is 1. The normalized spacial score (nSPS) is 40.5. The Kier molecular flexibility index (Phi) is 4.50. The van der Waals surface area contributed by atoms with Gasteiger partial charge in [0.05, 0.1) is 0 Å². The molecule has 16 heavy (non-hydrogen) atoms. The number of hydrogen-bond donors (Lipinski definition) is 1. The van der Waals surface area contributed by atoms with E-state index in [0.29, 0.717) is 5.25 Å². The molecule has 0 amide bonds. The van der Waals surface area contributed by atoms with Crippen LogP contribution in [0, 0.1) is 0 Å². The van der Waals surface area contributed by atoms with Crippen molar-refractivity contribution in [1.82, 2.24) is 4.90 Å². The van der Waals surface area contributed by atoms with Gasteiger partial charge in [0.15, 0.2) is 0 Å². The first-order valence-electron chi connectivity index (χ1n) is 6.33. The molecule has 4 heteroatoms. The lowest BCUT2D eigenvalue weighted by atomic mass is 9.86. The Hall–Kier alpha value is 0.620. The maximum absolute atomic E-state index is 6.14. The lowest BCUT2D eigenvalue weighted by molar-refractivity contribution is 0.0762. The zero-order chi connectivity index (χ0) is 11.6. The molecule has 2 heterocycles. The maximum Gasteiger partial charge on any atom is 0.0447 e. The molecule has 94 valence electrons. The summed E-state index contributed by atoms with van der Waals surface area (Å²) < 4.78 is 0. The monoisotopic (exact) mass is 260 g/mol. The molecule has 2 rings (SSSR count). The topological polar surface area (TPSA) is 29.3 Å². The first-order valence-corrected chi connectivity index (χ1v) is 8.53. The van der Waals surface area contributed by atoms with E-state index in [9.17, 15) is 0 Å². The van der Waals surface area contributed by atoms with Crippen molar-refractivity contribution < 1.29 is 0 Å². The summed E-state index contributed by atoms with van der Waals surface area (Å²) in [6.07, 6.45) is 3.96. The quantitative estimate of drug-likeness (QED) is 0.841. The Morgan fingerprint density at radius 1 is 1.44 bits per heavy atom. The first-order chi connectivity index (χ1) is 7.70. The highest BCUT2D eigenvalue weighted by Crippen LogP contribution is 2.39. The zero-order valence-electron chi connectivity index (χ0n) is 10.4. The molecule has 0 spiro atoms. The second-order valence-electron chi connectivity index (χ2n) is 5.05. The smallest absolute Gasteiger partial charge is 0.0447 e. The van der Waals surface area contributed by atoms with Crippen molar-refractivity contribution >= 4 is 23.5 Å². The van der Waals surface area contributed by atoms with Gasteiger partial charge in [-0.25, -0.2) is 0 Å². The van der Waals surface area contributed by atoms with Gasteiger partial charge in [0, 0.05) is 29.1 Å². The Balaban J connectivity index is 2.11. The average molecular weight is 260 g/mol. The molecular weight excluding hydrogens is 236 g/mol. The fraction of sp³-hybridized carbons (Fsp3) is 1.00. The van der Waals surface area contributed by atoms with Crippen molar-refractivity contribution in [2.24, 2.45) is 5.73 Å². The summed E-state index contributed by atoms with van der Waals surface area (Å²) in [6.45, 7) is 3.19. The van der Waals surface area contributed by atoms with Crippen LogP contribution in [0.2, 0.25) is 0 Å². The number of rotatable bonds is 3. The van der Waals surface area contributed by atoms with Crippen LogP contribution in [0.25, 0.3) is 0 Å². The van der Waals surface area contributed by atoms with E-state index in [1.807, 2.05) is 0 Å². The van der Waals surface area contributed by atoms with E-state index in [1.54, 1.807) is 0 Å². The second-order valence-corrected chi connectivity index (χ2v) is 7.65. The third-order valence-corrected chi connectivity index (χ3v) is 7.00. The summed E-state index contributed by atoms with van der Waals surface area (Å²) in [5, 5.41) is 0.682. The maximum atomic E-state index is 6.14. The van der Waals surface area contributed by atoms with Crippen molar-refractivity contribution in [2.45, 2.75) is 43.0 Å². The van der Waals surface area contributed by atoms with Crippen LogP contribution in [0.1, 0.15) is 26.2 Å². The lowest BCUT2D eigenvalue weighted by Gasteiger charge is -2.50. The van der Waals surface area contributed by atoms with Gasteiger partial charge in [-0.2, -0.15) is 23.5 Å². The standard InChI is InChI=1S/C12H24N2S2/c1-10-12(9-13,5-3-6-16-10)14(2)11-4-7-15-8-11/h10-11H,3-9,13H2,1-2H3. The first kappa shape index (κ1) is 13.1. The number of thioether (sulfide) groups is 2. The minimum Gasteiger partial charge on any atom is -0.329 e. The van der Waals surface area contributed by atoms with E-state index >= 15 is 0 Å². The van der Waals surface area contributed by atoms with E-state index in [4.69, 9.17) is 5.73 Å². The summed E-state index contributed by atoms with van der Waals surface area (Å²) in [6, 6.07) is 0.759. The largest absolute Gasteiger partial charge is 0.329 e. The molecule has 2 aliphatic rings. The van der Waals surface area contributed by atoms with Crippen molar-refractivity contribution in [3.63, 3.8) is 0 Å². The Labute approximate surface area is 108 Å². The SMILES string of the molecule is CC1SCCCC1(CN)N(C)C1CCSC1. The van der Waals surface area contributed by atoms with Crippen molar-refractivity contribution in [3.8, 4) is 0 Å². The zero-order valence-corrected chi connectivity index (χ0v) is 12.1. The molecule has 0 aliphatic carbocycles. The van der Waals surface area contributed by atoms with Crippen LogP contribution in [0.15, 0.2) is 0 Å². The lowest BCUT2D eigenvalue weighted by Crippen LogP contribution is -2.62. The number of hydrogen-bond acceptors (Lipinski definition) is 4. The van der Waals surface area contributed by atoms with Gasteiger partial charge >= 0.3 is 0 Å². The van der Waals surface area contributed by atoms with Crippen LogP contribution in [0.3, 0.4) is 0 Å². The van der Waals surface area contributed by atoms with E-state index < -0.39 is 0 Å². The summed E-state index contributed by atoms with van der Waals surface area (Å²) in [7, 11) is 2.31. The molecule has 2 aliphatic heterocycles. The minimum absolute atomic E-state index is 0.262. The fourth-order valence-electron chi connectivity index (χ4n) is 3.06. The molecule has 0 saturated carbocycles. The predicted molar refractivity (Wildman–Crippen MR) is 76.4 cm³/mol. The van der Waals surface area contributed by atoms with Gasteiger partial charge in [-0.05, 0) is 37.8 Å². The minimum atomic E-state index is 0.262. The molecule has 3 atom stereocenters. The number of nitrogens with zero attached hydrogens (tertiary/aromatic N) is 1. The molecule has 0 aromatic heterocycles. The highest BCUT2D eigenvalue weighted by molar-refractivity contribution is 8.00. The summed E-state index contributed by atoms with van der Waals surface area (Å²) in [5.41, 5.74) is 6.40. The fourth-order valence-corrected chi connectivity index (χ4v) is 5.69. The highest BCUT2D eigenvalue weighted by Gasteiger charge is 2.43. The second kappa shape index (κ2) is 5.51. The van der Waals surface area contributed by atoms with Gasteiger partial charge in [-0.15, -0.1) is 0 Å². The van der Waals surface area contributed by atoms with Crippen LogP contribution in [-0.2, 0) is 0 Å². The van der Waals surface area contributed by atoms with E-state index in [-0.39, 0.29) is 5.54 Å². The van der Waals surface area contributed by atoms with E-state index in [1.165, 1.54) is 36.5 Å². The van der Waals surface area contributed by atoms with Gasteiger partial charge in [-0.3, -0.25) is 4.90 Å². The van der Waals surface area contributed by atoms with Gasteiger partial charge in [0.1, 0.15) is 0 Å². The third-order valence-electron chi connectivity index (χ3n) is 4.39. The summed E-state index contributed by atoms with van der Waals surface area (Å²) in [4.78, 5) is 2.63. The van der Waals surface area contributed by atoms with Crippen molar-refractivity contribution in [1.29, 1.82) is 0 Å². The summed E-state index contributed by atoms with van der Waals surface area (Å²) in [5.74, 6) is 3.95. The third kappa shape index (κ3) is 2.26. The van der Waals surface area contributed by atoms with Crippen LogP contribution in [-0.4, -0.2) is 52.6 Å². The molecule has 0 aromatic carbocycles. The van der Waals surface area contributed by atoms with Gasteiger partial charge < -0.3 is 5.73 Å². The molecular formula is C12H24N2S2. The Morgan fingerprint density at radius 2 is 2.25 bits per heavy atom. The van der Waals surface area contributed by atoms with Gasteiger partial charge in [0.2, 0.25) is 0 Å². The molecule has 3 unspecified atom stereocenters. The van der Waals surface area contributed by atoms with Crippen LogP contribution < -0.4 is 5.73 Å². The molecule has 0 aromatic rings. The molecule has 2 N–H and O–H groups in total. The molecule has 2 nitrogen and oxygen atoms in total. The van der Waals surface area contributed by atoms with Gasteiger partial charge in [0.25, 0.3) is 0 Å². The molecule has 0 radical (unpaired) electrons. The van der Waals surface area contributed by atoms with Crippen LogP contribution >= 0.6 is 23.5 Å². The highest BCUT2D eigenvalue weighted by atomic mass is 32.2. The van der Waals surface area contributed by atoms with Crippen molar-refractivity contribution in [3.05, 3.63) is 0 Å². The Morgan fingerprint density at radius 3 is 2.81 bits per heavy atom. The average Bonchev–Trinajstić information content (AvgIpc) is 2.82. The Bertz CT molecular complexity index is 231. The van der Waals surface area contributed by atoms with Crippen molar-refractivity contribution in [2.75, 3.05) is 30.9 Å². The van der Waals surface area contributed by atoms with Gasteiger partial charge in [-0.1, -0.05) is 6.92 Å². The number of nitrogens with two attached hydrogens (primary N) is 1.